The van der Waals surface area contributed by atoms with E-state index < -0.39 is 5.41 Å². The van der Waals surface area contributed by atoms with Gasteiger partial charge in [0, 0.05) is 33.0 Å². The minimum absolute atomic E-state index is 0.413. The van der Waals surface area contributed by atoms with Gasteiger partial charge in [-0.05, 0) is 102 Å². The van der Waals surface area contributed by atoms with Gasteiger partial charge < -0.3 is 0 Å². The molecular formula is C65H40N4. The van der Waals surface area contributed by atoms with Crippen LogP contribution in [0.1, 0.15) is 22.3 Å². The first-order valence-corrected chi connectivity index (χ1v) is 23.5. The Labute approximate surface area is 400 Å². The molecular weight excluding hydrogens is 837 g/mol. The normalized spacial score (nSPS) is 12.8. The maximum atomic E-state index is 5.22. The van der Waals surface area contributed by atoms with Crippen LogP contribution in [0, 0.1) is 0 Å². The van der Waals surface area contributed by atoms with Crippen molar-refractivity contribution in [3.05, 3.63) is 265 Å². The van der Waals surface area contributed by atoms with Gasteiger partial charge in [0.25, 0.3) is 0 Å². The van der Waals surface area contributed by atoms with E-state index >= 15 is 0 Å². The maximum Gasteiger partial charge on any atom is 0.164 e. The van der Waals surface area contributed by atoms with E-state index in [0.717, 1.165) is 66.5 Å². The Morgan fingerprint density at radius 1 is 0.232 bits per heavy atom. The third-order valence-electron chi connectivity index (χ3n) is 14.3. The first-order chi connectivity index (χ1) is 34.2. The summed E-state index contributed by atoms with van der Waals surface area (Å²) in [6, 6.07) is 87.0. The Bertz CT molecular complexity index is 3910. The highest BCUT2D eigenvalue weighted by molar-refractivity contribution is 6.11. The van der Waals surface area contributed by atoms with Crippen LogP contribution in [0.3, 0.4) is 0 Å². The standard InChI is InChI=1S/C65H40N4/c1-3-17-43(18-4-1)62-67-63(44-19-5-2-6-20-44)69-64(68-62)48-38-46(41-31-33-42(34-32-41)61-54-26-8-7-21-49(54)53-25-12-16-30-60(53)66-61)37-47(39-48)45-35-36-59-55(40-45)52-24-11-15-29-58(52)65(59)56-27-13-9-22-50(56)51-23-10-14-28-57(51)65/h1-40H. The Kier molecular flexibility index (Phi) is 8.77. The molecule has 0 atom stereocenters. The molecule has 0 aliphatic heterocycles. The lowest BCUT2D eigenvalue weighted by Crippen LogP contribution is -2.25. The molecule has 4 nitrogen and oxygen atoms in total. The smallest absolute Gasteiger partial charge is 0.164 e. The zero-order valence-corrected chi connectivity index (χ0v) is 37.4. The van der Waals surface area contributed by atoms with Crippen molar-refractivity contribution in [1.29, 1.82) is 0 Å². The molecule has 0 saturated carbocycles. The number of fused-ring (bicyclic) bond motifs is 13. The second-order valence-corrected chi connectivity index (χ2v) is 18.1. The Morgan fingerprint density at radius 2 is 0.652 bits per heavy atom. The van der Waals surface area contributed by atoms with E-state index in [9.17, 15) is 0 Å². The van der Waals surface area contributed by atoms with E-state index in [1.165, 1.54) is 49.9 Å². The van der Waals surface area contributed by atoms with Crippen LogP contribution in [-0.4, -0.2) is 19.9 Å². The van der Waals surface area contributed by atoms with Crippen LogP contribution in [0.25, 0.3) is 112 Å². The van der Waals surface area contributed by atoms with Gasteiger partial charge >= 0.3 is 0 Å². The monoisotopic (exact) mass is 876 g/mol. The highest BCUT2D eigenvalue weighted by Crippen LogP contribution is 2.63. The summed E-state index contributed by atoms with van der Waals surface area (Å²) >= 11 is 0. The second-order valence-electron chi connectivity index (χ2n) is 18.1. The van der Waals surface area contributed by atoms with E-state index in [2.05, 4.69) is 206 Å². The zero-order valence-electron chi connectivity index (χ0n) is 37.4. The SMILES string of the molecule is c1ccc(-c2nc(-c3ccccc3)nc(-c3cc(-c4ccc(-c5nc6ccccc6c6ccccc56)cc4)cc(-c4ccc5c(c4)-c4ccccc4C54c5ccccc5-c5ccccc54)c3)n2)cc1. The summed E-state index contributed by atoms with van der Waals surface area (Å²) in [6.07, 6.45) is 0. The predicted molar refractivity (Wildman–Crippen MR) is 282 cm³/mol. The first-order valence-electron chi connectivity index (χ1n) is 23.5. The summed E-state index contributed by atoms with van der Waals surface area (Å²) in [5.41, 5.74) is 20.1. The molecule has 320 valence electrons. The molecule has 4 heteroatoms. The van der Waals surface area contributed by atoms with Crippen molar-refractivity contribution in [2.45, 2.75) is 5.41 Å². The minimum Gasteiger partial charge on any atom is -0.247 e. The van der Waals surface area contributed by atoms with Crippen LogP contribution in [0.4, 0.5) is 0 Å². The number of nitrogens with zero attached hydrogens (tertiary/aromatic N) is 4. The van der Waals surface area contributed by atoms with Gasteiger partial charge in [-0.25, -0.2) is 19.9 Å². The summed E-state index contributed by atoms with van der Waals surface area (Å²) in [4.78, 5) is 20.7. The quantitative estimate of drug-likeness (QED) is 0.156. The van der Waals surface area contributed by atoms with Gasteiger partial charge in [-0.2, -0.15) is 0 Å². The molecule has 2 aliphatic rings. The van der Waals surface area contributed by atoms with Crippen LogP contribution in [-0.2, 0) is 5.41 Å². The molecule has 2 heterocycles. The van der Waals surface area contributed by atoms with E-state index in [1.54, 1.807) is 0 Å². The zero-order chi connectivity index (χ0) is 45.5. The van der Waals surface area contributed by atoms with Crippen LogP contribution in [0.2, 0.25) is 0 Å². The molecule has 0 fully saturated rings. The summed E-state index contributed by atoms with van der Waals surface area (Å²) < 4.78 is 0. The topological polar surface area (TPSA) is 51.6 Å². The highest BCUT2D eigenvalue weighted by atomic mass is 15.0. The Morgan fingerprint density at radius 3 is 1.26 bits per heavy atom. The van der Waals surface area contributed by atoms with Crippen LogP contribution < -0.4 is 0 Å². The number of pyridine rings is 1. The van der Waals surface area contributed by atoms with Crippen molar-refractivity contribution < 1.29 is 0 Å². The van der Waals surface area contributed by atoms with Gasteiger partial charge in [0.15, 0.2) is 17.5 Å². The van der Waals surface area contributed by atoms with Gasteiger partial charge in [0.1, 0.15) is 0 Å². The van der Waals surface area contributed by atoms with Crippen molar-refractivity contribution in [3.63, 3.8) is 0 Å². The van der Waals surface area contributed by atoms with Gasteiger partial charge in [-0.1, -0.05) is 212 Å². The van der Waals surface area contributed by atoms with E-state index in [-0.39, 0.29) is 0 Å². The largest absolute Gasteiger partial charge is 0.247 e. The molecule has 69 heavy (non-hydrogen) atoms. The lowest BCUT2D eigenvalue weighted by Gasteiger charge is -2.30. The lowest BCUT2D eigenvalue weighted by molar-refractivity contribution is 0.794. The summed E-state index contributed by atoms with van der Waals surface area (Å²) in [5, 5.41) is 3.49. The van der Waals surface area contributed by atoms with Gasteiger partial charge in [-0.15, -0.1) is 0 Å². The molecule has 0 N–H and O–H groups in total. The van der Waals surface area contributed by atoms with E-state index in [0.29, 0.717) is 17.5 Å². The summed E-state index contributed by atoms with van der Waals surface area (Å²) in [7, 11) is 0. The molecule has 2 aliphatic carbocycles. The fourth-order valence-electron chi connectivity index (χ4n) is 11.3. The molecule has 12 aromatic rings. The van der Waals surface area contributed by atoms with Crippen molar-refractivity contribution in [2.75, 3.05) is 0 Å². The average Bonchev–Trinajstić information content (AvgIpc) is 3.90. The van der Waals surface area contributed by atoms with Crippen LogP contribution in [0.15, 0.2) is 243 Å². The molecule has 0 saturated heterocycles. The van der Waals surface area contributed by atoms with Crippen molar-refractivity contribution >= 4 is 21.7 Å². The van der Waals surface area contributed by atoms with Crippen molar-refractivity contribution in [1.82, 2.24) is 19.9 Å². The van der Waals surface area contributed by atoms with Crippen molar-refractivity contribution in [2.24, 2.45) is 0 Å². The predicted octanol–water partition coefficient (Wildman–Crippen LogP) is 15.9. The molecule has 0 unspecified atom stereocenters. The van der Waals surface area contributed by atoms with E-state index in [1.807, 2.05) is 36.4 Å². The fraction of sp³-hybridized carbons (Fsp3) is 0.0154. The molecule has 0 amide bonds. The summed E-state index contributed by atoms with van der Waals surface area (Å²) in [6.45, 7) is 0. The second kappa shape index (κ2) is 15.5. The third-order valence-corrected chi connectivity index (χ3v) is 14.3. The molecule has 1 spiro atoms. The number of para-hydroxylation sites is 1. The third kappa shape index (κ3) is 6.09. The van der Waals surface area contributed by atoms with Gasteiger partial charge in [0.2, 0.25) is 0 Å². The molecule has 2 aromatic heterocycles. The molecule has 14 rings (SSSR count). The number of aromatic nitrogens is 4. The van der Waals surface area contributed by atoms with Gasteiger partial charge in [0.05, 0.1) is 16.6 Å². The Balaban J connectivity index is 0.966. The number of rotatable bonds is 6. The minimum atomic E-state index is -0.413. The average molecular weight is 877 g/mol. The highest BCUT2D eigenvalue weighted by Gasteiger charge is 2.51. The maximum absolute atomic E-state index is 5.22. The lowest BCUT2D eigenvalue weighted by atomic mass is 9.70. The van der Waals surface area contributed by atoms with Crippen LogP contribution >= 0.6 is 0 Å². The summed E-state index contributed by atoms with van der Waals surface area (Å²) in [5.74, 6) is 1.86. The number of hydrogen-bond donors (Lipinski definition) is 0. The molecule has 0 radical (unpaired) electrons. The van der Waals surface area contributed by atoms with Crippen molar-refractivity contribution in [3.8, 4) is 89.9 Å². The fourth-order valence-corrected chi connectivity index (χ4v) is 11.3. The molecule has 0 bridgehead atoms. The van der Waals surface area contributed by atoms with Gasteiger partial charge in [-0.3, -0.25) is 0 Å². The van der Waals surface area contributed by atoms with Crippen LogP contribution in [0.5, 0.6) is 0 Å². The number of hydrogen-bond acceptors (Lipinski definition) is 4. The number of benzene rings is 10. The first kappa shape index (κ1) is 39.1. The molecule has 10 aromatic carbocycles. The van der Waals surface area contributed by atoms with E-state index in [4.69, 9.17) is 19.9 Å². The Hall–Kier alpha value is -9.12.